The third kappa shape index (κ3) is 1.42. The molecule has 0 aliphatic carbocycles. The van der Waals surface area contributed by atoms with Crippen molar-refractivity contribution in [2.24, 2.45) is 0 Å². The first kappa shape index (κ1) is 12.4. The van der Waals surface area contributed by atoms with Gasteiger partial charge in [-0.3, -0.25) is 9.38 Å². The van der Waals surface area contributed by atoms with Gasteiger partial charge in [0.15, 0.2) is 0 Å². The topological polar surface area (TPSA) is 30.2 Å². The van der Waals surface area contributed by atoms with E-state index in [-0.39, 0.29) is 0 Å². The standard InChI is InChI=1S/C20H11N3S/c1-2-4-17-13(3-1)15-6-5-14-12-7-8-21-11-16(12)20-22-9-10-23(20)18(14)19(15)24-17/h1-11H. The molecule has 0 bridgehead atoms. The minimum absolute atomic E-state index is 0.968. The predicted octanol–water partition coefficient (Wildman–Crippen LogP) is 5.40. The number of benzene rings is 2. The summed E-state index contributed by atoms with van der Waals surface area (Å²) < 4.78 is 4.84. The Kier molecular flexibility index (Phi) is 2.23. The summed E-state index contributed by atoms with van der Waals surface area (Å²) in [6.07, 6.45) is 7.68. The van der Waals surface area contributed by atoms with E-state index in [0.29, 0.717) is 0 Å². The Bertz CT molecular complexity index is 1410. The van der Waals surface area contributed by atoms with Crippen LogP contribution < -0.4 is 0 Å². The molecule has 0 aliphatic heterocycles. The summed E-state index contributed by atoms with van der Waals surface area (Å²) in [6, 6.07) is 15.2. The molecule has 0 atom stereocenters. The molecule has 4 heterocycles. The number of aromatic nitrogens is 3. The fourth-order valence-electron chi connectivity index (χ4n) is 3.72. The van der Waals surface area contributed by atoms with Crippen molar-refractivity contribution < 1.29 is 0 Å². The first-order valence-corrected chi connectivity index (χ1v) is 8.66. The molecule has 0 N–H and O–H groups in total. The average Bonchev–Trinajstić information content (AvgIpc) is 3.26. The minimum atomic E-state index is 0.968. The Morgan fingerprint density at radius 1 is 0.792 bits per heavy atom. The molecule has 0 amide bonds. The number of thiophene rings is 1. The van der Waals surface area contributed by atoms with Gasteiger partial charge in [-0.15, -0.1) is 11.3 Å². The first-order chi connectivity index (χ1) is 11.9. The van der Waals surface area contributed by atoms with Crippen molar-refractivity contribution >= 4 is 58.8 Å². The van der Waals surface area contributed by atoms with E-state index in [1.165, 1.54) is 36.5 Å². The number of hydrogen-bond donors (Lipinski definition) is 0. The SMILES string of the molecule is c1ccc2c(c1)sc1c2ccc2c3ccncc3c3nccn3c21. The highest BCUT2D eigenvalue weighted by Gasteiger charge is 2.14. The molecular formula is C20H11N3S. The lowest BCUT2D eigenvalue weighted by Crippen LogP contribution is -1.91. The number of imidazole rings is 1. The molecule has 0 radical (unpaired) electrons. The Morgan fingerprint density at radius 3 is 2.71 bits per heavy atom. The monoisotopic (exact) mass is 325 g/mol. The summed E-state index contributed by atoms with van der Waals surface area (Å²) in [5.74, 6) is 0. The van der Waals surface area contributed by atoms with E-state index in [1.54, 1.807) is 0 Å². The molecule has 4 aromatic heterocycles. The maximum Gasteiger partial charge on any atom is 0.146 e. The molecule has 6 aromatic rings. The van der Waals surface area contributed by atoms with Crippen molar-refractivity contribution in [3.8, 4) is 0 Å². The van der Waals surface area contributed by atoms with Crippen molar-refractivity contribution in [3.05, 3.63) is 67.3 Å². The fourth-order valence-corrected chi connectivity index (χ4v) is 4.97. The third-order valence-corrected chi connectivity index (χ3v) is 5.95. The molecule has 3 nitrogen and oxygen atoms in total. The lowest BCUT2D eigenvalue weighted by molar-refractivity contribution is 1.27. The molecule has 24 heavy (non-hydrogen) atoms. The number of fused-ring (bicyclic) bond motifs is 10. The summed E-state index contributed by atoms with van der Waals surface area (Å²) in [5, 5.41) is 6.18. The van der Waals surface area contributed by atoms with E-state index in [4.69, 9.17) is 0 Å². The van der Waals surface area contributed by atoms with Crippen LogP contribution in [0.5, 0.6) is 0 Å². The molecule has 0 unspecified atom stereocenters. The van der Waals surface area contributed by atoms with E-state index in [1.807, 2.05) is 36.1 Å². The second kappa shape index (κ2) is 4.30. The van der Waals surface area contributed by atoms with E-state index < -0.39 is 0 Å². The zero-order valence-corrected chi connectivity index (χ0v) is 13.4. The number of hydrogen-bond acceptors (Lipinski definition) is 3. The van der Waals surface area contributed by atoms with Crippen molar-refractivity contribution in [3.63, 3.8) is 0 Å². The van der Waals surface area contributed by atoms with Crippen LogP contribution in [0, 0.1) is 0 Å². The van der Waals surface area contributed by atoms with Crippen molar-refractivity contribution in [2.45, 2.75) is 0 Å². The average molecular weight is 325 g/mol. The van der Waals surface area contributed by atoms with Gasteiger partial charge >= 0.3 is 0 Å². The maximum absolute atomic E-state index is 4.59. The van der Waals surface area contributed by atoms with E-state index in [0.717, 1.165) is 11.0 Å². The molecular weight excluding hydrogens is 314 g/mol. The lowest BCUT2D eigenvalue weighted by Gasteiger charge is -2.08. The molecule has 0 saturated heterocycles. The summed E-state index contributed by atoms with van der Waals surface area (Å²) >= 11 is 1.85. The fraction of sp³-hybridized carbons (Fsp3) is 0. The quantitative estimate of drug-likeness (QED) is 0.350. The van der Waals surface area contributed by atoms with Gasteiger partial charge in [0.2, 0.25) is 0 Å². The van der Waals surface area contributed by atoms with Gasteiger partial charge in [0.05, 0.1) is 10.2 Å². The van der Waals surface area contributed by atoms with Crippen molar-refractivity contribution in [1.29, 1.82) is 0 Å². The summed E-state index contributed by atoms with van der Waals surface area (Å²) in [7, 11) is 0. The zero-order chi connectivity index (χ0) is 15.7. The smallest absolute Gasteiger partial charge is 0.146 e. The molecule has 2 aromatic carbocycles. The predicted molar refractivity (Wildman–Crippen MR) is 101 cm³/mol. The minimum Gasteiger partial charge on any atom is -0.298 e. The highest BCUT2D eigenvalue weighted by atomic mass is 32.1. The highest BCUT2D eigenvalue weighted by Crippen LogP contribution is 2.40. The molecule has 4 heteroatoms. The van der Waals surface area contributed by atoms with E-state index >= 15 is 0 Å². The third-order valence-electron chi connectivity index (χ3n) is 4.75. The maximum atomic E-state index is 4.59. The second-order valence-electron chi connectivity index (χ2n) is 5.98. The largest absolute Gasteiger partial charge is 0.298 e. The van der Waals surface area contributed by atoms with E-state index in [2.05, 4.69) is 56.8 Å². The van der Waals surface area contributed by atoms with Gasteiger partial charge in [0.25, 0.3) is 0 Å². The Balaban J connectivity index is 2.02. The number of pyridine rings is 2. The van der Waals surface area contributed by atoms with Gasteiger partial charge in [-0.25, -0.2) is 4.98 Å². The lowest BCUT2D eigenvalue weighted by atomic mass is 10.1. The van der Waals surface area contributed by atoms with Crippen LogP contribution in [0.1, 0.15) is 0 Å². The normalized spacial score (nSPS) is 12.2. The van der Waals surface area contributed by atoms with E-state index in [9.17, 15) is 0 Å². The second-order valence-corrected chi connectivity index (χ2v) is 7.03. The summed E-state index contributed by atoms with van der Waals surface area (Å²) in [6.45, 7) is 0. The van der Waals surface area contributed by atoms with Crippen LogP contribution in [-0.2, 0) is 0 Å². The highest BCUT2D eigenvalue weighted by molar-refractivity contribution is 7.26. The Labute approximate surface area is 140 Å². The van der Waals surface area contributed by atoms with Gasteiger partial charge in [0.1, 0.15) is 5.65 Å². The van der Waals surface area contributed by atoms with Gasteiger partial charge in [-0.1, -0.05) is 30.3 Å². The van der Waals surface area contributed by atoms with Crippen LogP contribution in [0.15, 0.2) is 67.3 Å². The summed E-state index contributed by atoms with van der Waals surface area (Å²) in [4.78, 5) is 8.88. The molecule has 0 aliphatic rings. The van der Waals surface area contributed by atoms with Crippen LogP contribution in [0.3, 0.4) is 0 Å². The van der Waals surface area contributed by atoms with Crippen molar-refractivity contribution in [2.75, 3.05) is 0 Å². The zero-order valence-electron chi connectivity index (χ0n) is 12.6. The van der Waals surface area contributed by atoms with Gasteiger partial charge in [-0.05, 0) is 17.5 Å². The molecule has 0 spiro atoms. The van der Waals surface area contributed by atoms with Crippen molar-refractivity contribution in [1.82, 2.24) is 14.4 Å². The molecule has 6 rings (SSSR count). The van der Waals surface area contributed by atoms with Crippen LogP contribution >= 0.6 is 11.3 Å². The van der Waals surface area contributed by atoms with Gasteiger partial charge < -0.3 is 0 Å². The van der Waals surface area contributed by atoms with Crippen LogP contribution in [0.2, 0.25) is 0 Å². The van der Waals surface area contributed by atoms with Crippen LogP contribution in [0.25, 0.3) is 47.5 Å². The number of rotatable bonds is 0. The Hall–Kier alpha value is -2.98. The molecule has 0 fully saturated rings. The first-order valence-electron chi connectivity index (χ1n) is 7.84. The number of nitrogens with zero attached hydrogens (tertiary/aromatic N) is 3. The molecule has 112 valence electrons. The molecule has 0 saturated carbocycles. The summed E-state index contributed by atoms with van der Waals surface area (Å²) in [5.41, 5.74) is 2.20. The Morgan fingerprint density at radius 2 is 1.71 bits per heavy atom. The van der Waals surface area contributed by atoms with Gasteiger partial charge in [0, 0.05) is 51.0 Å². The van der Waals surface area contributed by atoms with Gasteiger partial charge in [-0.2, -0.15) is 0 Å². The van der Waals surface area contributed by atoms with Crippen LogP contribution in [-0.4, -0.2) is 14.4 Å². The van der Waals surface area contributed by atoms with Crippen LogP contribution in [0.4, 0.5) is 0 Å².